The van der Waals surface area contributed by atoms with Gasteiger partial charge in [-0.05, 0) is 26.2 Å². The van der Waals surface area contributed by atoms with E-state index in [1.54, 1.807) is 7.05 Å². The molecule has 1 saturated carbocycles. The van der Waals surface area contributed by atoms with Crippen LogP contribution in [0.4, 0.5) is 0 Å². The maximum absolute atomic E-state index is 12.5. The number of rotatable bonds is 5. The Hall–Kier alpha value is -1.03. The molecular formula is C13H22N4O4S. The highest BCUT2D eigenvalue weighted by atomic mass is 32.2. The van der Waals surface area contributed by atoms with E-state index in [1.165, 1.54) is 10.9 Å². The molecule has 0 unspecified atom stereocenters. The van der Waals surface area contributed by atoms with Gasteiger partial charge in [-0.2, -0.15) is 0 Å². The van der Waals surface area contributed by atoms with Gasteiger partial charge in [-0.3, -0.25) is 0 Å². The number of nitrogens with one attached hydrogen (secondary N) is 1. The van der Waals surface area contributed by atoms with Gasteiger partial charge >= 0.3 is 0 Å². The van der Waals surface area contributed by atoms with Crippen molar-refractivity contribution in [1.29, 1.82) is 0 Å². The number of hydrogen-bond acceptors (Lipinski definition) is 6. The third-order valence-electron chi connectivity index (χ3n) is 4.82. The number of hydrogen-bond donors (Lipinski definition) is 1. The summed E-state index contributed by atoms with van der Waals surface area (Å²) in [5.41, 5.74) is -0.159. The summed E-state index contributed by atoms with van der Waals surface area (Å²) in [5, 5.41) is 7.40. The van der Waals surface area contributed by atoms with Crippen molar-refractivity contribution in [2.45, 2.75) is 43.4 Å². The van der Waals surface area contributed by atoms with Crippen LogP contribution in [-0.2, 0) is 26.5 Å². The molecule has 1 spiro atoms. The second-order valence-electron chi connectivity index (χ2n) is 5.89. The molecule has 1 aliphatic carbocycles. The Morgan fingerprint density at radius 1 is 1.50 bits per heavy atom. The Kier molecular flexibility index (Phi) is 4.23. The molecular weight excluding hydrogens is 308 g/mol. The van der Waals surface area contributed by atoms with E-state index in [2.05, 4.69) is 15.0 Å². The summed E-state index contributed by atoms with van der Waals surface area (Å²) in [5.74, 6) is 0. The molecule has 1 N–H and O–H groups in total. The number of aromatic nitrogens is 3. The minimum absolute atomic E-state index is 0.0783. The van der Waals surface area contributed by atoms with Crippen molar-refractivity contribution in [1.82, 2.24) is 19.7 Å². The summed E-state index contributed by atoms with van der Waals surface area (Å²) < 4.78 is 40.4. The van der Waals surface area contributed by atoms with Gasteiger partial charge in [0, 0.05) is 38.3 Å². The van der Waals surface area contributed by atoms with E-state index >= 15 is 0 Å². The van der Waals surface area contributed by atoms with Crippen LogP contribution in [-0.4, -0.2) is 55.4 Å². The van der Waals surface area contributed by atoms with Crippen LogP contribution in [0.1, 0.15) is 26.2 Å². The molecule has 1 saturated heterocycles. The maximum Gasteiger partial charge on any atom is 0.259 e. The molecule has 3 rings (SSSR count). The van der Waals surface area contributed by atoms with Crippen molar-refractivity contribution in [3.05, 3.63) is 6.20 Å². The van der Waals surface area contributed by atoms with E-state index in [0.29, 0.717) is 26.2 Å². The number of sulfonamides is 1. The molecule has 0 amide bonds. The number of nitrogens with zero attached hydrogens (tertiary/aromatic N) is 3. The van der Waals surface area contributed by atoms with Gasteiger partial charge in [0.05, 0.1) is 12.3 Å². The lowest BCUT2D eigenvalue weighted by atomic mass is 9.58. The van der Waals surface area contributed by atoms with Gasteiger partial charge in [-0.1, -0.05) is 5.21 Å². The SMILES string of the molecule is CCO[C@@H]1C[C@@H](NS(=O)(=O)c2cnnn2C)C12CCOCC2. The van der Waals surface area contributed by atoms with Crippen LogP contribution in [0.15, 0.2) is 11.2 Å². The molecule has 22 heavy (non-hydrogen) atoms. The predicted molar refractivity (Wildman–Crippen MR) is 77.6 cm³/mol. The molecule has 9 heteroatoms. The zero-order valence-electron chi connectivity index (χ0n) is 12.9. The highest BCUT2D eigenvalue weighted by molar-refractivity contribution is 7.89. The molecule has 2 atom stereocenters. The Labute approximate surface area is 130 Å². The first-order valence-corrected chi connectivity index (χ1v) is 9.04. The standard InChI is InChI=1S/C13H22N4O4S/c1-3-21-11-8-10(13(11)4-6-20-7-5-13)15-22(18,19)12-9-14-16-17(12)2/h9-11,15H,3-8H2,1-2H3/t10-,11-/m1/s1. The van der Waals surface area contributed by atoms with Gasteiger partial charge in [0.15, 0.2) is 5.03 Å². The summed E-state index contributed by atoms with van der Waals surface area (Å²) >= 11 is 0. The predicted octanol–water partition coefficient (Wildman–Crippen LogP) is 0.0676. The molecule has 8 nitrogen and oxygen atoms in total. The Bertz CT molecular complexity index is 624. The molecule has 2 aliphatic rings. The summed E-state index contributed by atoms with van der Waals surface area (Å²) in [6, 6.07) is -0.132. The van der Waals surface area contributed by atoms with Crippen molar-refractivity contribution >= 4 is 10.0 Å². The van der Waals surface area contributed by atoms with E-state index in [9.17, 15) is 8.42 Å². The zero-order chi connectivity index (χ0) is 15.8. The molecule has 124 valence electrons. The average Bonchev–Trinajstić information content (AvgIpc) is 2.94. The first-order valence-electron chi connectivity index (χ1n) is 7.56. The van der Waals surface area contributed by atoms with Crippen molar-refractivity contribution in [2.75, 3.05) is 19.8 Å². The lowest BCUT2D eigenvalue weighted by Crippen LogP contribution is -2.66. The largest absolute Gasteiger partial charge is 0.381 e. The van der Waals surface area contributed by atoms with Gasteiger partial charge in [0.25, 0.3) is 10.0 Å². The van der Waals surface area contributed by atoms with Gasteiger partial charge < -0.3 is 9.47 Å². The van der Waals surface area contributed by atoms with Gasteiger partial charge in [-0.15, -0.1) is 5.10 Å². The maximum atomic E-state index is 12.5. The third-order valence-corrected chi connectivity index (χ3v) is 6.34. The Balaban J connectivity index is 1.79. The average molecular weight is 330 g/mol. The first kappa shape index (κ1) is 15.9. The molecule has 0 radical (unpaired) electrons. The van der Waals surface area contributed by atoms with Crippen LogP contribution in [0.25, 0.3) is 0 Å². The normalized spacial score (nSPS) is 27.7. The van der Waals surface area contributed by atoms with Crippen LogP contribution in [0.5, 0.6) is 0 Å². The van der Waals surface area contributed by atoms with Crippen LogP contribution in [0, 0.1) is 5.41 Å². The fourth-order valence-electron chi connectivity index (χ4n) is 3.54. The summed E-state index contributed by atoms with van der Waals surface area (Å²) in [6.07, 6.45) is 3.68. The van der Waals surface area contributed by atoms with Gasteiger partial charge in [0.2, 0.25) is 0 Å². The van der Waals surface area contributed by atoms with E-state index in [4.69, 9.17) is 9.47 Å². The quantitative estimate of drug-likeness (QED) is 0.821. The fraction of sp³-hybridized carbons (Fsp3) is 0.846. The summed E-state index contributed by atoms with van der Waals surface area (Å²) in [4.78, 5) is 0. The van der Waals surface area contributed by atoms with Crippen molar-refractivity contribution < 1.29 is 17.9 Å². The van der Waals surface area contributed by atoms with E-state index < -0.39 is 10.0 Å². The number of aryl methyl sites for hydroxylation is 1. The smallest absolute Gasteiger partial charge is 0.259 e. The number of ether oxygens (including phenoxy) is 2. The Morgan fingerprint density at radius 2 is 2.23 bits per heavy atom. The lowest BCUT2D eigenvalue weighted by Gasteiger charge is -2.57. The van der Waals surface area contributed by atoms with Crippen LogP contribution in [0.2, 0.25) is 0 Å². The molecule has 2 heterocycles. The third kappa shape index (κ3) is 2.55. The van der Waals surface area contributed by atoms with Crippen LogP contribution >= 0.6 is 0 Å². The van der Waals surface area contributed by atoms with Crippen molar-refractivity contribution in [3.63, 3.8) is 0 Å². The highest BCUT2D eigenvalue weighted by Crippen LogP contribution is 2.51. The summed E-state index contributed by atoms with van der Waals surface area (Å²) in [6.45, 7) is 3.90. The first-order chi connectivity index (χ1) is 10.5. The molecule has 0 bridgehead atoms. The van der Waals surface area contributed by atoms with Gasteiger partial charge in [-0.25, -0.2) is 17.8 Å². The van der Waals surface area contributed by atoms with E-state index in [0.717, 1.165) is 12.8 Å². The fourth-order valence-corrected chi connectivity index (χ4v) is 4.94. The minimum Gasteiger partial charge on any atom is -0.381 e. The van der Waals surface area contributed by atoms with E-state index in [-0.39, 0.29) is 22.6 Å². The molecule has 1 aliphatic heterocycles. The molecule has 2 fully saturated rings. The van der Waals surface area contributed by atoms with Crippen molar-refractivity contribution in [2.24, 2.45) is 12.5 Å². The van der Waals surface area contributed by atoms with Crippen LogP contribution in [0.3, 0.4) is 0 Å². The van der Waals surface area contributed by atoms with Gasteiger partial charge in [0.1, 0.15) is 0 Å². The van der Waals surface area contributed by atoms with Crippen molar-refractivity contribution in [3.8, 4) is 0 Å². The molecule has 1 aromatic heterocycles. The van der Waals surface area contributed by atoms with E-state index in [1.807, 2.05) is 6.92 Å². The topological polar surface area (TPSA) is 95.3 Å². The minimum atomic E-state index is -3.63. The molecule has 0 aromatic carbocycles. The second-order valence-corrected chi connectivity index (χ2v) is 7.56. The summed E-state index contributed by atoms with van der Waals surface area (Å²) in [7, 11) is -2.06. The Morgan fingerprint density at radius 3 is 2.82 bits per heavy atom. The monoisotopic (exact) mass is 330 g/mol. The highest BCUT2D eigenvalue weighted by Gasteiger charge is 2.57. The zero-order valence-corrected chi connectivity index (χ0v) is 13.7. The second kappa shape index (κ2) is 5.88. The lowest BCUT2D eigenvalue weighted by molar-refractivity contribution is -0.168. The van der Waals surface area contributed by atoms with Crippen LogP contribution < -0.4 is 4.72 Å². The molecule has 1 aromatic rings.